The summed E-state index contributed by atoms with van der Waals surface area (Å²) >= 11 is 5.99. The van der Waals surface area contributed by atoms with Crippen LogP contribution in [0.25, 0.3) is 10.8 Å². The Labute approximate surface area is 156 Å². The fourth-order valence-corrected chi connectivity index (χ4v) is 3.05. The Kier molecular flexibility index (Phi) is 5.54. The van der Waals surface area contributed by atoms with Gasteiger partial charge in [0.25, 0.3) is 0 Å². The number of halogens is 1. The van der Waals surface area contributed by atoms with Crippen molar-refractivity contribution >= 4 is 39.9 Å². The van der Waals surface area contributed by atoms with E-state index in [1.807, 2.05) is 24.3 Å². The standard InChI is InChI=1S/C21H18ClNO3/c1-26-21(25)18-13-16(10-11-19(18)22)23-20(24)12-9-15-7-4-6-14-5-2-3-8-17(14)15/h2-8,10-11,13H,9,12H2,1H3,(H,23,24). The third-order valence-corrected chi connectivity index (χ3v) is 4.49. The lowest BCUT2D eigenvalue weighted by Crippen LogP contribution is -2.13. The third kappa shape index (κ3) is 4.03. The van der Waals surface area contributed by atoms with Crippen LogP contribution < -0.4 is 5.32 Å². The fourth-order valence-electron chi connectivity index (χ4n) is 2.85. The molecule has 0 bridgehead atoms. The summed E-state index contributed by atoms with van der Waals surface area (Å²) in [5.74, 6) is -0.669. The van der Waals surface area contributed by atoms with Gasteiger partial charge in [-0.15, -0.1) is 0 Å². The summed E-state index contributed by atoms with van der Waals surface area (Å²) in [4.78, 5) is 24.0. The van der Waals surface area contributed by atoms with Crippen molar-refractivity contribution in [3.63, 3.8) is 0 Å². The summed E-state index contributed by atoms with van der Waals surface area (Å²) in [6.07, 6.45) is 0.967. The second-order valence-corrected chi connectivity index (χ2v) is 6.28. The number of benzene rings is 3. The van der Waals surface area contributed by atoms with Crippen LogP contribution in [-0.4, -0.2) is 19.0 Å². The SMILES string of the molecule is COC(=O)c1cc(NC(=O)CCc2cccc3ccccc23)ccc1Cl. The minimum Gasteiger partial charge on any atom is -0.465 e. The molecule has 3 aromatic carbocycles. The first-order valence-electron chi connectivity index (χ1n) is 8.23. The van der Waals surface area contributed by atoms with Crippen LogP contribution in [0.1, 0.15) is 22.3 Å². The predicted molar refractivity (Wildman–Crippen MR) is 104 cm³/mol. The van der Waals surface area contributed by atoms with Crippen molar-refractivity contribution < 1.29 is 14.3 Å². The molecule has 1 amide bonds. The molecule has 0 aliphatic rings. The van der Waals surface area contributed by atoms with Gasteiger partial charge in [0, 0.05) is 12.1 Å². The molecule has 3 aromatic rings. The second kappa shape index (κ2) is 8.02. The minimum absolute atomic E-state index is 0.129. The molecule has 0 aromatic heterocycles. The average molecular weight is 368 g/mol. The van der Waals surface area contributed by atoms with E-state index in [-0.39, 0.29) is 16.5 Å². The van der Waals surface area contributed by atoms with Crippen LogP contribution in [0.3, 0.4) is 0 Å². The minimum atomic E-state index is -0.540. The van der Waals surface area contributed by atoms with Crippen LogP contribution in [-0.2, 0) is 16.0 Å². The van der Waals surface area contributed by atoms with E-state index >= 15 is 0 Å². The van der Waals surface area contributed by atoms with E-state index in [1.165, 1.54) is 13.2 Å². The molecule has 0 saturated heterocycles. The summed E-state index contributed by atoms with van der Waals surface area (Å²) in [7, 11) is 1.29. The van der Waals surface area contributed by atoms with Crippen molar-refractivity contribution in [1.82, 2.24) is 0 Å². The zero-order valence-corrected chi connectivity index (χ0v) is 15.0. The summed E-state index contributed by atoms with van der Waals surface area (Å²) in [6.45, 7) is 0. The van der Waals surface area contributed by atoms with Gasteiger partial charge in [0.15, 0.2) is 0 Å². The number of esters is 1. The van der Waals surface area contributed by atoms with E-state index in [9.17, 15) is 9.59 Å². The van der Waals surface area contributed by atoms with Crippen LogP contribution in [0.2, 0.25) is 5.02 Å². The van der Waals surface area contributed by atoms with E-state index in [4.69, 9.17) is 11.6 Å². The van der Waals surface area contributed by atoms with Gasteiger partial charge in [0.05, 0.1) is 17.7 Å². The number of carbonyl (C=O) groups is 2. The largest absolute Gasteiger partial charge is 0.465 e. The number of nitrogens with one attached hydrogen (secondary N) is 1. The molecule has 132 valence electrons. The number of hydrogen-bond acceptors (Lipinski definition) is 3. The first kappa shape index (κ1) is 18.0. The maximum atomic E-state index is 12.3. The molecule has 5 heteroatoms. The summed E-state index contributed by atoms with van der Waals surface area (Å²) in [6, 6.07) is 18.9. The monoisotopic (exact) mass is 367 g/mol. The molecule has 0 spiro atoms. The van der Waals surface area contributed by atoms with E-state index in [0.29, 0.717) is 18.5 Å². The highest BCUT2D eigenvalue weighted by Crippen LogP contribution is 2.22. The molecular formula is C21H18ClNO3. The van der Waals surface area contributed by atoms with Gasteiger partial charge in [-0.1, -0.05) is 54.1 Å². The highest BCUT2D eigenvalue weighted by atomic mass is 35.5. The van der Waals surface area contributed by atoms with Gasteiger partial charge < -0.3 is 10.1 Å². The van der Waals surface area contributed by atoms with Gasteiger partial charge in [-0.25, -0.2) is 4.79 Å². The lowest BCUT2D eigenvalue weighted by Gasteiger charge is -2.09. The van der Waals surface area contributed by atoms with Crippen molar-refractivity contribution in [2.45, 2.75) is 12.8 Å². The van der Waals surface area contributed by atoms with Crippen LogP contribution in [0.15, 0.2) is 60.7 Å². The number of fused-ring (bicyclic) bond motifs is 1. The molecule has 4 nitrogen and oxygen atoms in total. The molecule has 0 fully saturated rings. The summed E-state index contributed by atoms with van der Waals surface area (Å²) < 4.78 is 4.69. The average Bonchev–Trinajstić information content (AvgIpc) is 2.67. The molecule has 0 radical (unpaired) electrons. The Bertz CT molecular complexity index is 963. The normalized spacial score (nSPS) is 10.5. The number of ether oxygens (including phenoxy) is 1. The van der Waals surface area contributed by atoms with Gasteiger partial charge in [0.2, 0.25) is 5.91 Å². The lowest BCUT2D eigenvalue weighted by atomic mass is 10.0. The van der Waals surface area contributed by atoms with E-state index < -0.39 is 5.97 Å². The quantitative estimate of drug-likeness (QED) is 0.656. The first-order valence-corrected chi connectivity index (χ1v) is 8.60. The Hall–Kier alpha value is -2.85. The lowest BCUT2D eigenvalue weighted by molar-refractivity contribution is -0.116. The molecule has 0 aliphatic heterocycles. The molecule has 0 unspecified atom stereocenters. The maximum Gasteiger partial charge on any atom is 0.339 e. The fraction of sp³-hybridized carbons (Fsp3) is 0.143. The number of anilines is 1. The molecule has 0 saturated carbocycles. The molecule has 1 N–H and O–H groups in total. The Morgan fingerprint density at radius 3 is 2.62 bits per heavy atom. The van der Waals surface area contributed by atoms with E-state index in [1.54, 1.807) is 12.1 Å². The van der Waals surface area contributed by atoms with Gasteiger partial charge in [-0.05, 0) is 41.0 Å². The number of carbonyl (C=O) groups excluding carboxylic acids is 2. The Balaban J connectivity index is 1.69. The summed E-state index contributed by atoms with van der Waals surface area (Å²) in [5, 5.41) is 5.40. The number of amides is 1. The van der Waals surface area contributed by atoms with Crippen LogP contribution in [0.5, 0.6) is 0 Å². The predicted octanol–water partition coefficient (Wildman–Crippen LogP) is 4.85. The van der Waals surface area contributed by atoms with E-state index in [0.717, 1.165) is 16.3 Å². The topological polar surface area (TPSA) is 55.4 Å². The van der Waals surface area contributed by atoms with Crippen molar-refractivity contribution in [1.29, 1.82) is 0 Å². The zero-order valence-electron chi connectivity index (χ0n) is 14.3. The number of hydrogen-bond donors (Lipinski definition) is 1. The molecular weight excluding hydrogens is 350 g/mol. The number of rotatable bonds is 5. The number of methoxy groups -OCH3 is 1. The van der Waals surface area contributed by atoms with Crippen LogP contribution in [0.4, 0.5) is 5.69 Å². The Morgan fingerprint density at radius 1 is 1.04 bits per heavy atom. The molecule has 26 heavy (non-hydrogen) atoms. The first-order chi connectivity index (χ1) is 12.6. The van der Waals surface area contributed by atoms with Crippen molar-refractivity contribution in [2.24, 2.45) is 0 Å². The van der Waals surface area contributed by atoms with Gasteiger partial charge in [-0.2, -0.15) is 0 Å². The zero-order chi connectivity index (χ0) is 18.5. The molecule has 3 rings (SSSR count). The van der Waals surface area contributed by atoms with Gasteiger partial charge >= 0.3 is 5.97 Å². The van der Waals surface area contributed by atoms with Crippen molar-refractivity contribution in [2.75, 3.05) is 12.4 Å². The molecule has 0 heterocycles. The van der Waals surface area contributed by atoms with Gasteiger partial charge in [0.1, 0.15) is 0 Å². The van der Waals surface area contributed by atoms with Gasteiger partial charge in [-0.3, -0.25) is 4.79 Å². The van der Waals surface area contributed by atoms with Crippen molar-refractivity contribution in [3.8, 4) is 0 Å². The second-order valence-electron chi connectivity index (χ2n) is 5.87. The van der Waals surface area contributed by atoms with Crippen LogP contribution >= 0.6 is 11.6 Å². The summed E-state index contributed by atoms with van der Waals surface area (Å²) in [5.41, 5.74) is 1.86. The number of aryl methyl sites for hydroxylation is 1. The van der Waals surface area contributed by atoms with Crippen LogP contribution in [0, 0.1) is 0 Å². The highest BCUT2D eigenvalue weighted by Gasteiger charge is 2.13. The molecule has 0 aliphatic carbocycles. The highest BCUT2D eigenvalue weighted by molar-refractivity contribution is 6.33. The molecule has 0 atom stereocenters. The van der Waals surface area contributed by atoms with Crippen molar-refractivity contribution in [3.05, 3.63) is 76.8 Å². The van der Waals surface area contributed by atoms with E-state index in [2.05, 4.69) is 28.3 Å². The third-order valence-electron chi connectivity index (χ3n) is 4.16. The smallest absolute Gasteiger partial charge is 0.339 e. The maximum absolute atomic E-state index is 12.3. The Morgan fingerprint density at radius 2 is 1.81 bits per heavy atom.